The standard InChI is InChI=1S/C20H19ClN2O2S/c1-3-12(2)22-19(24)13-8-4-6-10-15(13)23-20(25)18-17(21)14-9-5-7-11-16(14)26-18/h4-12H,3H2,1-2H3,(H,22,24)(H,23,25). The largest absolute Gasteiger partial charge is 0.350 e. The maximum absolute atomic E-state index is 12.7. The summed E-state index contributed by atoms with van der Waals surface area (Å²) in [5.41, 5.74) is 0.894. The van der Waals surface area contributed by atoms with E-state index >= 15 is 0 Å². The first-order valence-electron chi connectivity index (χ1n) is 8.39. The molecule has 0 aliphatic rings. The van der Waals surface area contributed by atoms with Crippen LogP contribution in [0.5, 0.6) is 0 Å². The van der Waals surface area contributed by atoms with E-state index in [2.05, 4.69) is 10.6 Å². The van der Waals surface area contributed by atoms with Crippen molar-refractivity contribution in [3.63, 3.8) is 0 Å². The lowest BCUT2D eigenvalue weighted by Gasteiger charge is -2.14. The second kappa shape index (κ2) is 7.89. The van der Waals surface area contributed by atoms with Crippen LogP contribution in [0.15, 0.2) is 48.5 Å². The van der Waals surface area contributed by atoms with Gasteiger partial charge in [0.2, 0.25) is 0 Å². The summed E-state index contributed by atoms with van der Waals surface area (Å²) in [6, 6.07) is 14.6. The molecule has 1 atom stereocenters. The molecule has 1 heterocycles. The Balaban J connectivity index is 1.87. The fourth-order valence-electron chi connectivity index (χ4n) is 2.53. The molecule has 0 saturated carbocycles. The van der Waals surface area contributed by atoms with Crippen LogP contribution in [0.1, 0.15) is 40.3 Å². The summed E-state index contributed by atoms with van der Waals surface area (Å²) >= 11 is 7.71. The first-order valence-corrected chi connectivity index (χ1v) is 9.59. The third-order valence-electron chi connectivity index (χ3n) is 4.15. The van der Waals surface area contributed by atoms with E-state index in [1.54, 1.807) is 24.3 Å². The van der Waals surface area contributed by atoms with E-state index in [4.69, 9.17) is 11.6 Å². The summed E-state index contributed by atoms with van der Waals surface area (Å²) in [4.78, 5) is 25.7. The van der Waals surface area contributed by atoms with Crippen molar-refractivity contribution in [2.75, 3.05) is 5.32 Å². The fourth-order valence-corrected chi connectivity index (χ4v) is 3.95. The molecule has 0 saturated heterocycles. The van der Waals surface area contributed by atoms with Crippen molar-refractivity contribution < 1.29 is 9.59 Å². The van der Waals surface area contributed by atoms with Crippen molar-refractivity contribution in [2.24, 2.45) is 0 Å². The predicted molar refractivity (Wildman–Crippen MR) is 108 cm³/mol. The minimum atomic E-state index is -0.319. The van der Waals surface area contributed by atoms with Crippen LogP contribution in [0, 0.1) is 0 Å². The number of hydrogen-bond donors (Lipinski definition) is 2. The summed E-state index contributed by atoms with van der Waals surface area (Å²) in [5, 5.41) is 7.03. The van der Waals surface area contributed by atoms with Gasteiger partial charge in [-0.2, -0.15) is 0 Å². The molecule has 0 aliphatic carbocycles. The Morgan fingerprint density at radius 3 is 2.50 bits per heavy atom. The van der Waals surface area contributed by atoms with Gasteiger partial charge in [0.05, 0.1) is 16.3 Å². The lowest BCUT2D eigenvalue weighted by Crippen LogP contribution is -2.32. The normalized spacial score (nSPS) is 12.0. The molecule has 0 radical (unpaired) electrons. The Kier molecular flexibility index (Phi) is 5.59. The Morgan fingerprint density at radius 1 is 1.08 bits per heavy atom. The van der Waals surface area contributed by atoms with Gasteiger partial charge in [0.1, 0.15) is 4.88 Å². The molecule has 2 aromatic carbocycles. The number of para-hydroxylation sites is 1. The molecule has 2 N–H and O–H groups in total. The molecule has 2 amide bonds. The summed E-state index contributed by atoms with van der Waals surface area (Å²) in [6.07, 6.45) is 0.831. The molecule has 0 aliphatic heterocycles. The molecular weight excluding hydrogens is 368 g/mol. The van der Waals surface area contributed by atoms with Crippen LogP contribution in [0.3, 0.4) is 0 Å². The van der Waals surface area contributed by atoms with E-state index in [-0.39, 0.29) is 17.9 Å². The average molecular weight is 387 g/mol. The van der Waals surface area contributed by atoms with Crippen LogP contribution < -0.4 is 10.6 Å². The fraction of sp³-hybridized carbons (Fsp3) is 0.200. The van der Waals surface area contributed by atoms with Crippen LogP contribution in [0.4, 0.5) is 5.69 Å². The predicted octanol–water partition coefficient (Wildman–Crippen LogP) is 5.34. The molecule has 134 valence electrons. The quantitative estimate of drug-likeness (QED) is 0.622. The summed E-state index contributed by atoms with van der Waals surface area (Å²) in [7, 11) is 0. The topological polar surface area (TPSA) is 58.2 Å². The zero-order valence-electron chi connectivity index (χ0n) is 14.5. The lowest BCUT2D eigenvalue weighted by molar-refractivity contribution is 0.0940. The van der Waals surface area contributed by atoms with Gasteiger partial charge in [-0.15, -0.1) is 11.3 Å². The highest BCUT2D eigenvalue weighted by Crippen LogP contribution is 2.35. The smallest absolute Gasteiger partial charge is 0.267 e. The maximum atomic E-state index is 12.7. The molecule has 0 bridgehead atoms. The summed E-state index contributed by atoms with van der Waals surface area (Å²) in [5.74, 6) is -0.530. The Morgan fingerprint density at radius 2 is 1.77 bits per heavy atom. The summed E-state index contributed by atoms with van der Waals surface area (Å²) in [6.45, 7) is 3.94. The Labute approximate surface area is 161 Å². The third-order valence-corrected chi connectivity index (χ3v) is 5.83. The van der Waals surface area contributed by atoms with E-state index in [0.29, 0.717) is 21.2 Å². The first-order chi connectivity index (χ1) is 12.5. The van der Waals surface area contributed by atoms with Crippen molar-refractivity contribution in [1.29, 1.82) is 0 Å². The molecule has 6 heteroatoms. The number of anilines is 1. The molecule has 4 nitrogen and oxygen atoms in total. The number of carbonyl (C=O) groups excluding carboxylic acids is 2. The van der Waals surface area contributed by atoms with Gasteiger partial charge in [0, 0.05) is 16.1 Å². The molecule has 3 rings (SSSR count). The van der Waals surface area contributed by atoms with Gasteiger partial charge >= 0.3 is 0 Å². The molecule has 26 heavy (non-hydrogen) atoms. The van der Waals surface area contributed by atoms with E-state index in [9.17, 15) is 9.59 Å². The molecule has 0 fully saturated rings. The highest BCUT2D eigenvalue weighted by atomic mass is 35.5. The maximum Gasteiger partial charge on any atom is 0.267 e. The average Bonchev–Trinajstić information content (AvgIpc) is 2.99. The minimum absolute atomic E-state index is 0.0586. The number of benzene rings is 2. The van der Waals surface area contributed by atoms with Crippen LogP contribution in [0.2, 0.25) is 5.02 Å². The van der Waals surface area contributed by atoms with Gasteiger partial charge in [-0.1, -0.05) is 48.9 Å². The highest BCUT2D eigenvalue weighted by molar-refractivity contribution is 7.21. The van der Waals surface area contributed by atoms with Crippen molar-refractivity contribution in [3.05, 3.63) is 64.0 Å². The van der Waals surface area contributed by atoms with Crippen molar-refractivity contribution >= 4 is 50.5 Å². The molecule has 3 aromatic rings. The van der Waals surface area contributed by atoms with E-state index < -0.39 is 0 Å². The van der Waals surface area contributed by atoms with Gasteiger partial charge in [-0.05, 0) is 31.5 Å². The van der Waals surface area contributed by atoms with Crippen LogP contribution >= 0.6 is 22.9 Å². The van der Waals surface area contributed by atoms with Gasteiger partial charge in [-0.25, -0.2) is 0 Å². The van der Waals surface area contributed by atoms with Gasteiger partial charge in [0.15, 0.2) is 0 Å². The number of fused-ring (bicyclic) bond motifs is 1. The third kappa shape index (κ3) is 3.74. The first kappa shape index (κ1) is 18.4. The minimum Gasteiger partial charge on any atom is -0.350 e. The number of rotatable bonds is 5. The summed E-state index contributed by atoms with van der Waals surface area (Å²) < 4.78 is 0.949. The highest BCUT2D eigenvalue weighted by Gasteiger charge is 2.19. The second-order valence-corrected chi connectivity index (χ2v) is 7.45. The Bertz CT molecular complexity index is 967. The van der Waals surface area contributed by atoms with Gasteiger partial charge in [0.25, 0.3) is 11.8 Å². The van der Waals surface area contributed by atoms with Crippen molar-refractivity contribution in [1.82, 2.24) is 5.32 Å². The lowest BCUT2D eigenvalue weighted by atomic mass is 10.1. The van der Waals surface area contributed by atoms with E-state index in [0.717, 1.165) is 16.5 Å². The molecule has 1 aromatic heterocycles. The van der Waals surface area contributed by atoms with E-state index in [1.807, 2.05) is 38.1 Å². The SMILES string of the molecule is CCC(C)NC(=O)c1ccccc1NC(=O)c1sc2ccccc2c1Cl. The number of nitrogens with one attached hydrogen (secondary N) is 2. The van der Waals surface area contributed by atoms with Crippen LogP contribution in [-0.4, -0.2) is 17.9 Å². The molecule has 0 spiro atoms. The number of amides is 2. The van der Waals surface area contributed by atoms with Gasteiger partial charge < -0.3 is 10.6 Å². The zero-order valence-corrected chi connectivity index (χ0v) is 16.1. The van der Waals surface area contributed by atoms with Gasteiger partial charge in [-0.3, -0.25) is 9.59 Å². The molecule has 1 unspecified atom stereocenters. The zero-order chi connectivity index (χ0) is 18.7. The van der Waals surface area contributed by atoms with E-state index in [1.165, 1.54) is 11.3 Å². The van der Waals surface area contributed by atoms with Crippen molar-refractivity contribution in [3.8, 4) is 0 Å². The number of halogens is 1. The second-order valence-electron chi connectivity index (χ2n) is 6.02. The van der Waals surface area contributed by atoms with Crippen molar-refractivity contribution in [2.45, 2.75) is 26.3 Å². The monoisotopic (exact) mass is 386 g/mol. The molecular formula is C20H19ClN2O2S. The Hall–Kier alpha value is -2.37. The van der Waals surface area contributed by atoms with Crippen LogP contribution in [0.25, 0.3) is 10.1 Å². The number of hydrogen-bond acceptors (Lipinski definition) is 3. The number of carbonyl (C=O) groups is 2. The number of thiophene rings is 1. The van der Waals surface area contributed by atoms with Crippen LogP contribution in [-0.2, 0) is 0 Å².